The van der Waals surface area contributed by atoms with Crippen LogP contribution in [0.5, 0.6) is 0 Å². The Balaban J connectivity index is 1.34. The minimum Gasteiger partial charge on any atom is -0.445 e. The molecule has 1 aliphatic rings. The number of ether oxygens (including phenoxy) is 1. The maximum atomic E-state index is 14.9. The monoisotopic (exact) mass is 553 g/mol. The summed E-state index contributed by atoms with van der Waals surface area (Å²) < 4.78 is 36.3. The van der Waals surface area contributed by atoms with Crippen LogP contribution in [0.1, 0.15) is 43.4 Å². The zero-order chi connectivity index (χ0) is 27.7. The van der Waals surface area contributed by atoms with Gasteiger partial charge >= 0.3 is 6.09 Å². The maximum Gasteiger partial charge on any atom is 0.410 e. The maximum absolute atomic E-state index is 14.9. The van der Waals surface area contributed by atoms with Gasteiger partial charge in [0.05, 0.1) is 28.1 Å². The molecule has 1 aliphatic heterocycles. The molecule has 1 atom stereocenters. The molecule has 0 saturated carbocycles. The zero-order valence-corrected chi connectivity index (χ0v) is 22.0. The number of aryl methyl sites for hydroxylation is 2. The molecule has 12 heteroatoms. The molecule has 3 heterocycles. The molecular formula is C27H25F2N5O4S. The number of alkyl halides is 2. The Bertz CT molecular complexity index is 1550. The van der Waals surface area contributed by atoms with E-state index < -0.39 is 36.9 Å². The van der Waals surface area contributed by atoms with E-state index in [1.807, 2.05) is 6.07 Å². The second-order valence-corrected chi connectivity index (χ2v) is 10.2. The average molecular weight is 554 g/mol. The van der Waals surface area contributed by atoms with E-state index in [-0.39, 0.29) is 24.6 Å². The molecule has 4 aromatic rings. The van der Waals surface area contributed by atoms with Gasteiger partial charge in [-0.05, 0) is 30.7 Å². The predicted molar refractivity (Wildman–Crippen MR) is 140 cm³/mol. The van der Waals surface area contributed by atoms with Crippen molar-refractivity contribution in [2.24, 2.45) is 7.05 Å². The first kappa shape index (κ1) is 26.4. The highest BCUT2D eigenvalue weighted by Crippen LogP contribution is 2.30. The SMILES string of the molecule is Cc1ncsc1C(=O)c1ccc2nn(C)c(C(=O)NC3CN(C(=O)OCc4ccccc4)CCC3(F)F)c2c1. The largest absolute Gasteiger partial charge is 0.445 e. The normalized spacial score (nSPS) is 16.7. The second kappa shape index (κ2) is 10.5. The Morgan fingerprint density at radius 1 is 1.18 bits per heavy atom. The van der Waals surface area contributed by atoms with E-state index >= 15 is 0 Å². The summed E-state index contributed by atoms with van der Waals surface area (Å²) in [5, 5.41) is 7.05. The van der Waals surface area contributed by atoms with Crippen LogP contribution in [0.3, 0.4) is 0 Å². The molecule has 1 unspecified atom stereocenters. The lowest BCUT2D eigenvalue weighted by atomic mass is 10.0. The van der Waals surface area contributed by atoms with Gasteiger partial charge in [-0.3, -0.25) is 14.3 Å². The molecule has 1 N–H and O–H groups in total. The van der Waals surface area contributed by atoms with E-state index in [9.17, 15) is 23.2 Å². The van der Waals surface area contributed by atoms with Gasteiger partial charge in [-0.2, -0.15) is 5.10 Å². The van der Waals surface area contributed by atoms with E-state index in [0.29, 0.717) is 27.0 Å². The number of piperidine rings is 1. The zero-order valence-electron chi connectivity index (χ0n) is 21.2. The van der Waals surface area contributed by atoms with Crippen molar-refractivity contribution in [1.82, 2.24) is 25.0 Å². The molecule has 1 saturated heterocycles. The van der Waals surface area contributed by atoms with Gasteiger partial charge < -0.3 is 15.0 Å². The van der Waals surface area contributed by atoms with E-state index in [1.165, 1.54) is 34.0 Å². The Kier molecular flexibility index (Phi) is 7.13. The number of carbonyl (C=O) groups is 3. The number of hydrogen-bond donors (Lipinski definition) is 1. The van der Waals surface area contributed by atoms with Gasteiger partial charge in [0.25, 0.3) is 11.8 Å². The summed E-state index contributed by atoms with van der Waals surface area (Å²) >= 11 is 1.21. The van der Waals surface area contributed by atoms with Gasteiger partial charge in [-0.1, -0.05) is 30.3 Å². The van der Waals surface area contributed by atoms with Crippen molar-refractivity contribution in [1.29, 1.82) is 0 Å². The minimum absolute atomic E-state index is 0.00666. The average Bonchev–Trinajstić information content (AvgIpc) is 3.49. The summed E-state index contributed by atoms with van der Waals surface area (Å²) in [6, 6.07) is 12.1. The number of amides is 2. The molecular weight excluding hydrogens is 528 g/mol. The summed E-state index contributed by atoms with van der Waals surface area (Å²) in [6.45, 7) is 1.11. The van der Waals surface area contributed by atoms with E-state index in [0.717, 1.165) is 5.56 Å². The molecule has 2 aromatic carbocycles. The fourth-order valence-corrected chi connectivity index (χ4v) is 5.28. The number of thiazole rings is 1. The van der Waals surface area contributed by atoms with Crippen molar-refractivity contribution in [2.75, 3.05) is 13.1 Å². The van der Waals surface area contributed by atoms with Gasteiger partial charge in [-0.15, -0.1) is 11.3 Å². The first-order valence-electron chi connectivity index (χ1n) is 12.2. The molecule has 0 radical (unpaired) electrons. The first-order valence-corrected chi connectivity index (χ1v) is 13.1. The fourth-order valence-electron chi connectivity index (χ4n) is 4.52. The van der Waals surface area contributed by atoms with Crippen LogP contribution < -0.4 is 5.32 Å². The van der Waals surface area contributed by atoms with Crippen LogP contribution in [-0.2, 0) is 18.4 Å². The van der Waals surface area contributed by atoms with Crippen molar-refractivity contribution in [2.45, 2.75) is 31.9 Å². The molecule has 39 heavy (non-hydrogen) atoms. The number of halogens is 2. The first-order chi connectivity index (χ1) is 18.6. The molecule has 9 nitrogen and oxygen atoms in total. The summed E-state index contributed by atoms with van der Waals surface area (Å²) in [5.41, 5.74) is 3.73. The third-order valence-corrected chi connectivity index (χ3v) is 7.59. The van der Waals surface area contributed by atoms with Crippen molar-refractivity contribution in [3.8, 4) is 0 Å². The number of fused-ring (bicyclic) bond motifs is 1. The van der Waals surface area contributed by atoms with Crippen LogP contribution in [0.4, 0.5) is 13.6 Å². The predicted octanol–water partition coefficient (Wildman–Crippen LogP) is 4.35. The van der Waals surface area contributed by atoms with Crippen LogP contribution in [-0.4, -0.2) is 62.5 Å². The summed E-state index contributed by atoms with van der Waals surface area (Å²) in [7, 11) is 1.52. The molecule has 2 aromatic heterocycles. The number of nitrogens with one attached hydrogen (secondary N) is 1. The highest BCUT2D eigenvalue weighted by molar-refractivity contribution is 7.12. The van der Waals surface area contributed by atoms with Gasteiger partial charge in [0.2, 0.25) is 5.78 Å². The number of aromatic nitrogens is 3. The van der Waals surface area contributed by atoms with Gasteiger partial charge in [0.15, 0.2) is 0 Å². The van der Waals surface area contributed by atoms with Crippen molar-refractivity contribution in [3.05, 3.63) is 81.4 Å². The molecule has 5 rings (SSSR count). The molecule has 1 fully saturated rings. The van der Waals surface area contributed by atoms with E-state index in [2.05, 4.69) is 15.4 Å². The highest BCUT2D eigenvalue weighted by Gasteiger charge is 2.46. The Labute approximate surface area is 226 Å². The smallest absolute Gasteiger partial charge is 0.410 e. The topological polar surface area (TPSA) is 106 Å². The lowest BCUT2D eigenvalue weighted by Gasteiger charge is -2.38. The van der Waals surface area contributed by atoms with Crippen LogP contribution in [0.15, 0.2) is 54.0 Å². The molecule has 0 aliphatic carbocycles. The summed E-state index contributed by atoms with van der Waals surface area (Å²) in [4.78, 5) is 44.7. The number of hydrogen-bond acceptors (Lipinski definition) is 7. The number of benzene rings is 2. The second-order valence-electron chi connectivity index (χ2n) is 9.32. The Hall–Kier alpha value is -4.19. The van der Waals surface area contributed by atoms with Crippen molar-refractivity contribution < 1.29 is 27.9 Å². The lowest BCUT2D eigenvalue weighted by molar-refractivity contribution is -0.0782. The number of ketones is 1. The van der Waals surface area contributed by atoms with Crippen molar-refractivity contribution >= 4 is 40.0 Å². The number of rotatable bonds is 6. The van der Waals surface area contributed by atoms with Crippen LogP contribution in [0.25, 0.3) is 10.9 Å². The van der Waals surface area contributed by atoms with Gasteiger partial charge in [0.1, 0.15) is 18.3 Å². The summed E-state index contributed by atoms with van der Waals surface area (Å²) in [6.07, 6.45) is -1.36. The fraction of sp³-hybridized carbons (Fsp3) is 0.296. The van der Waals surface area contributed by atoms with Crippen LogP contribution in [0, 0.1) is 6.92 Å². The van der Waals surface area contributed by atoms with Gasteiger partial charge in [0, 0.05) is 31.0 Å². The highest BCUT2D eigenvalue weighted by atomic mass is 32.1. The van der Waals surface area contributed by atoms with Crippen molar-refractivity contribution in [3.63, 3.8) is 0 Å². The minimum atomic E-state index is -3.24. The Morgan fingerprint density at radius 3 is 2.67 bits per heavy atom. The summed E-state index contributed by atoms with van der Waals surface area (Å²) in [5.74, 6) is -4.29. The number of likely N-dealkylation sites (tertiary alicyclic amines) is 1. The lowest BCUT2D eigenvalue weighted by Crippen LogP contribution is -2.59. The molecule has 202 valence electrons. The van der Waals surface area contributed by atoms with Gasteiger partial charge in [-0.25, -0.2) is 18.6 Å². The van der Waals surface area contributed by atoms with E-state index in [1.54, 1.807) is 48.8 Å². The molecule has 2 amide bonds. The molecule has 0 spiro atoms. The molecule has 0 bridgehead atoms. The standard InChI is InChI=1S/C27H25F2N5O4S/c1-16-24(39-15-30-16)23(35)18-8-9-20-19(12-18)22(33(2)32-20)25(36)31-21-13-34(11-10-27(21,28)29)26(37)38-14-17-6-4-3-5-7-17/h3-9,12,15,21H,10-11,13-14H2,1-2H3,(H,31,36). The Morgan fingerprint density at radius 2 is 1.95 bits per heavy atom. The third-order valence-electron chi connectivity index (χ3n) is 6.66. The quantitative estimate of drug-likeness (QED) is 0.356. The van der Waals surface area contributed by atoms with E-state index in [4.69, 9.17) is 4.74 Å². The third kappa shape index (κ3) is 5.37. The van der Waals surface area contributed by atoms with Crippen LogP contribution in [0.2, 0.25) is 0 Å². The van der Waals surface area contributed by atoms with Crippen LogP contribution >= 0.6 is 11.3 Å². The number of nitrogens with zero attached hydrogens (tertiary/aromatic N) is 4. The number of carbonyl (C=O) groups excluding carboxylic acids is 3.